The SMILES string of the molecule is Oc1ccc(Cl)cc1C1(O)CNC1. The van der Waals surface area contributed by atoms with Crippen LogP contribution in [0.1, 0.15) is 5.56 Å². The lowest BCUT2D eigenvalue weighted by Gasteiger charge is -2.38. The van der Waals surface area contributed by atoms with E-state index in [-0.39, 0.29) is 5.75 Å². The Morgan fingerprint density at radius 3 is 2.62 bits per heavy atom. The summed E-state index contributed by atoms with van der Waals surface area (Å²) in [5.41, 5.74) is -0.451. The molecule has 1 aromatic carbocycles. The maximum absolute atomic E-state index is 9.91. The van der Waals surface area contributed by atoms with Crippen LogP contribution in [0, 0.1) is 0 Å². The molecule has 0 aromatic heterocycles. The lowest BCUT2D eigenvalue weighted by atomic mass is 9.87. The molecule has 1 saturated heterocycles. The Bertz CT molecular complexity index is 336. The topological polar surface area (TPSA) is 52.5 Å². The number of β-amino-alcohol motifs (C(OH)–C–C–N with tert-alkyl or cyclic N) is 1. The predicted octanol–water partition coefficient (Wildman–Crippen LogP) is 0.836. The van der Waals surface area contributed by atoms with Gasteiger partial charge in [0.25, 0.3) is 0 Å². The smallest absolute Gasteiger partial charge is 0.121 e. The van der Waals surface area contributed by atoms with E-state index in [1.807, 2.05) is 0 Å². The summed E-state index contributed by atoms with van der Waals surface area (Å²) in [5, 5.41) is 22.9. The number of benzene rings is 1. The first-order valence-corrected chi connectivity index (χ1v) is 4.42. The third kappa shape index (κ3) is 1.39. The van der Waals surface area contributed by atoms with Gasteiger partial charge in [0.15, 0.2) is 0 Å². The van der Waals surface area contributed by atoms with Gasteiger partial charge in [-0.3, -0.25) is 0 Å². The summed E-state index contributed by atoms with van der Waals surface area (Å²) in [6, 6.07) is 4.68. The molecule has 2 rings (SSSR count). The summed E-state index contributed by atoms with van der Waals surface area (Å²) in [4.78, 5) is 0. The first-order valence-electron chi connectivity index (χ1n) is 4.04. The largest absolute Gasteiger partial charge is 0.508 e. The van der Waals surface area contributed by atoms with E-state index in [9.17, 15) is 10.2 Å². The molecular weight excluding hydrogens is 190 g/mol. The number of hydrogen-bond acceptors (Lipinski definition) is 3. The van der Waals surface area contributed by atoms with Crippen LogP contribution in [0.15, 0.2) is 18.2 Å². The molecule has 1 aliphatic heterocycles. The van der Waals surface area contributed by atoms with E-state index >= 15 is 0 Å². The van der Waals surface area contributed by atoms with Crippen LogP contribution >= 0.6 is 11.6 Å². The van der Waals surface area contributed by atoms with E-state index in [1.54, 1.807) is 12.1 Å². The quantitative estimate of drug-likeness (QED) is 0.628. The number of phenols is 1. The van der Waals surface area contributed by atoms with Crippen molar-refractivity contribution in [2.45, 2.75) is 5.60 Å². The van der Waals surface area contributed by atoms with Gasteiger partial charge >= 0.3 is 0 Å². The van der Waals surface area contributed by atoms with Crippen LogP contribution < -0.4 is 5.32 Å². The van der Waals surface area contributed by atoms with Crippen LogP contribution in [0.2, 0.25) is 5.02 Å². The summed E-state index contributed by atoms with van der Waals surface area (Å²) >= 11 is 5.76. The molecule has 0 aliphatic carbocycles. The first-order chi connectivity index (χ1) is 6.12. The van der Waals surface area contributed by atoms with Crippen LogP contribution in [-0.2, 0) is 5.60 Å². The molecule has 0 bridgehead atoms. The summed E-state index contributed by atoms with van der Waals surface area (Å²) < 4.78 is 0. The molecule has 0 amide bonds. The van der Waals surface area contributed by atoms with Gasteiger partial charge in [-0.1, -0.05) is 11.6 Å². The number of aliphatic hydroxyl groups is 1. The number of rotatable bonds is 1. The molecule has 3 N–H and O–H groups in total. The molecule has 0 unspecified atom stereocenters. The standard InChI is InChI=1S/C9H10ClNO2/c10-6-1-2-8(12)7(3-6)9(13)4-11-5-9/h1-3,11-13H,4-5H2. The fourth-order valence-electron chi connectivity index (χ4n) is 1.43. The molecule has 1 aliphatic rings. The minimum atomic E-state index is -0.949. The lowest BCUT2D eigenvalue weighted by Crippen LogP contribution is -2.56. The zero-order valence-corrected chi connectivity index (χ0v) is 7.67. The molecule has 1 aromatic rings. The second-order valence-corrected chi connectivity index (χ2v) is 3.73. The summed E-state index contributed by atoms with van der Waals surface area (Å²) in [6.07, 6.45) is 0. The van der Waals surface area contributed by atoms with Crippen LogP contribution in [0.3, 0.4) is 0 Å². The number of phenolic OH excluding ortho intramolecular Hbond substituents is 1. The van der Waals surface area contributed by atoms with Crippen molar-refractivity contribution in [2.75, 3.05) is 13.1 Å². The van der Waals surface area contributed by atoms with E-state index in [0.29, 0.717) is 23.7 Å². The van der Waals surface area contributed by atoms with Crippen molar-refractivity contribution >= 4 is 11.6 Å². The van der Waals surface area contributed by atoms with E-state index < -0.39 is 5.60 Å². The Morgan fingerprint density at radius 2 is 2.08 bits per heavy atom. The van der Waals surface area contributed by atoms with E-state index in [1.165, 1.54) is 6.07 Å². The molecule has 0 spiro atoms. The predicted molar refractivity (Wildman–Crippen MR) is 49.9 cm³/mol. The van der Waals surface area contributed by atoms with Crippen molar-refractivity contribution in [3.05, 3.63) is 28.8 Å². The maximum atomic E-state index is 9.91. The van der Waals surface area contributed by atoms with Crippen molar-refractivity contribution in [1.29, 1.82) is 0 Å². The highest BCUT2D eigenvalue weighted by atomic mass is 35.5. The van der Waals surface area contributed by atoms with Crippen LogP contribution in [0.4, 0.5) is 0 Å². The number of halogens is 1. The highest BCUT2D eigenvalue weighted by Gasteiger charge is 2.38. The van der Waals surface area contributed by atoms with Crippen molar-refractivity contribution in [1.82, 2.24) is 5.32 Å². The third-order valence-corrected chi connectivity index (χ3v) is 2.53. The molecular formula is C9H10ClNO2. The minimum absolute atomic E-state index is 0.0911. The second-order valence-electron chi connectivity index (χ2n) is 3.30. The Labute approximate surface area is 81.0 Å². The summed E-state index contributed by atoms with van der Waals surface area (Å²) in [5.74, 6) is 0.0911. The highest BCUT2D eigenvalue weighted by molar-refractivity contribution is 6.30. The molecule has 70 valence electrons. The van der Waals surface area contributed by atoms with Crippen LogP contribution in [-0.4, -0.2) is 23.3 Å². The molecule has 0 radical (unpaired) electrons. The minimum Gasteiger partial charge on any atom is -0.508 e. The van der Waals surface area contributed by atoms with Crippen molar-refractivity contribution in [3.8, 4) is 5.75 Å². The van der Waals surface area contributed by atoms with Gasteiger partial charge in [-0.15, -0.1) is 0 Å². The Hall–Kier alpha value is -0.770. The maximum Gasteiger partial charge on any atom is 0.121 e. The molecule has 0 saturated carbocycles. The normalized spacial score (nSPS) is 19.5. The molecule has 1 fully saturated rings. The molecule has 3 nitrogen and oxygen atoms in total. The summed E-state index contributed by atoms with van der Waals surface area (Å²) in [6.45, 7) is 0.918. The molecule has 4 heteroatoms. The van der Waals surface area contributed by atoms with Gasteiger partial charge in [-0.25, -0.2) is 0 Å². The fourth-order valence-corrected chi connectivity index (χ4v) is 1.61. The van der Waals surface area contributed by atoms with Crippen LogP contribution in [0.25, 0.3) is 0 Å². The number of hydrogen-bond donors (Lipinski definition) is 3. The van der Waals surface area contributed by atoms with Gasteiger partial charge in [0.1, 0.15) is 11.4 Å². The average molecular weight is 200 g/mol. The van der Waals surface area contributed by atoms with Crippen LogP contribution in [0.5, 0.6) is 5.75 Å². The van der Waals surface area contributed by atoms with Gasteiger partial charge in [-0.2, -0.15) is 0 Å². The first kappa shape index (κ1) is 8.81. The van der Waals surface area contributed by atoms with Gasteiger partial charge in [0, 0.05) is 23.7 Å². The van der Waals surface area contributed by atoms with E-state index in [4.69, 9.17) is 11.6 Å². The zero-order chi connectivity index (χ0) is 9.47. The number of nitrogens with one attached hydrogen (secondary N) is 1. The molecule has 1 heterocycles. The van der Waals surface area contributed by atoms with Gasteiger partial charge in [-0.05, 0) is 18.2 Å². The molecule has 0 atom stereocenters. The fraction of sp³-hybridized carbons (Fsp3) is 0.333. The molecule has 13 heavy (non-hydrogen) atoms. The van der Waals surface area contributed by atoms with Gasteiger partial charge in [0.05, 0.1) is 0 Å². The monoisotopic (exact) mass is 199 g/mol. The average Bonchev–Trinajstić information content (AvgIpc) is 2.05. The Morgan fingerprint density at radius 1 is 1.38 bits per heavy atom. The zero-order valence-electron chi connectivity index (χ0n) is 6.92. The third-order valence-electron chi connectivity index (χ3n) is 2.29. The number of aromatic hydroxyl groups is 1. The van der Waals surface area contributed by atoms with E-state index in [2.05, 4.69) is 5.32 Å². The van der Waals surface area contributed by atoms with Crippen molar-refractivity contribution in [3.63, 3.8) is 0 Å². The second kappa shape index (κ2) is 2.87. The van der Waals surface area contributed by atoms with Gasteiger partial charge in [0.2, 0.25) is 0 Å². The highest BCUT2D eigenvalue weighted by Crippen LogP contribution is 2.33. The van der Waals surface area contributed by atoms with Crippen molar-refractivity contribution in [2.24, 2.45) is 0 Å². The van der Waals surface area contributed by atoms with E-state index in [0.717, 1.165) is 0 Å². The van der Waals surface area contributed by atoms with Gasteiger partial charge < -0.3 is 15.5 Å². The Kier molecular flexibility index (Phi) is 1.95. The summed E-state index contributed by atoms with van der Waals surface area (Å²) in [7, 11) is 0. The Balaban J connectivity index is 2.43. The van der Waals surface area contributed by atoms with Crippen molar-refractivity contribution < 1.29 is 10.2 Å². The lowest BCUT2D eigenvalue weighted by molar-refractivity contribution is -0.0164.